The predicted molar refractivity (Wildman–Crippen MR) is 99.9 cm³/mol. The molecule has 1 aromatic carbocycles. The third-order valence-electron chi connectivity index (χ3n) is 4.98. The number of hydrogen-bond acceptors (Lipinski definition) is 5. The molecule has 0 radical (unpaired) electrons. The molecular formula is C18H26N4O3S. The summed E-state index contributed by atoms with van der Waals surface area (Å²) in [6, 6.07) is 7.09. The molecule has 1 aromatic heterocycles. The first-order chi connectivity index (χ1) is 12.3. The first-order valence-electron chi connectivity index (χ1n) is 8.94. The molecule has 1 aliphatic heterocycles. The molecule has 0 aliphatic carbocycles. The average Bonchev–Trinajstić information content (AvgIpc) is 2.89. The first-order valence-corrected chi connectivity index (χ1v) is 10.8. The number of nitrogens with zero attached hydrogens (tertiary/aromatic N) is 4. The molecule has 1 atom stereocenters. The summed E-state index contributed by atoms with van der Waals surface area (Å²) in [5.74, 6) is 1.12. The van der Waals surface area contributed by atoms with Gasteiger partial charge in [-0.05, 0) is 44.0 Å². The fourth-order valence-electron chi connectivity index (χ4n) is 3.63. The zero-order valence-corrected chi connectivity index (χ0v) is 16.4. The maximum Gasteiger partial charge on any atom is 0.345 e. The summed E-state index contributed by atoms with van der Waals surface area (Å²) in [5, 5.41) is 4.46. The number of rotatable bonds is 5. The fraction of sp³-hybridized carbons (Fsp3) is 0.556. The van der Waals surface area contributed by atoms with Crippen molar-refractivity contribution in [2.75, 3.05) is 19.3 Å². The number of likely N-dealkylation sites (tertiary alicyclic amines) is 1. The highest BCUT2D eigenvalue weighted by Crippen LogP contribution is 2.26. The molecule has 1 aliphatic rings. The van der Waals surface area contributed by atoms with Crippen LogP contribution in [0.25, 0.3) is 0 Å². The molecule has 142 valence electrons. The predicted octanol–water partition coefficient (Wildman–Crippen LogP) is 1.38. The Kier molecular flexibility index (Phi) is 5.34. The van der Waals surface area contributed by atoms with Gasteiger partial charge in [0.15, 0.2) is 9.84 Å². The van der Waals surface area contributed by atoms with Crippen LogP contribution in [-0.4, -0.2) is 47.0 Å². The van der Waals surface area contributed by atoms with Gasteiger partial charge in [-0.25, -0.2) is 17.9 Å². The van der Waals surface area contributed by atoms with E-state index in [0.717, 1.165) is 43.9 Å². The van der Waals surface area contributed by atoms with Crippen molar-refractivity contribution in [2.45, 2.75) is 43.7 Å². The van der Waals surface area contributed by atoms with Crippen molar-refractivity contribution in [1.82, 2.24) is 19.2 Å². The van der Waals surface area contributed by atoms with Crippen LogP contribution in [0.3, 0.4) is 0 Å². The van der Waals surface area contributed by atoms with Crippen molar-refractivity contribution < 1.29 is 8.42 Å². The number of piperidine rings is 1. The van der Waals surface area contributed by atoms with Crippen molar-refractivity contribution in [3.8, 4) is 0 Å². The van der Waals surface area contributed by atoms with Crippen LogP contribution in [0.1, 0.15) is 37.1 Å². The van der Waals surface area contributed by atoms with Gasteiger partial charge >= 0.3 is 5.69 Å². The second kappa shape index (κ2) is 7.36. The fourth-order valence-corrected chi connectivity index (χ4v) is 4.26. The summed E-state index contributed by atoms with van der Waals surface area (Å²) < 4.78 is 26.3. The van der Waals surface area contributed by atoms with E-state index in [9.17, 15) is 13.2 Å². The van der Waals surface area contributed by atoms with Gasteiger partial charge in [0.05, 0.1) is 4.90 Å². The SMILES string of the molecule is CCn1c(C2CCCN(Cc3ccc(S(C)(=O)=O)cc3)C2)nn(C)c1=O. The Hall–Kier alpha value is -1.93. The topological polar surface area (TPSA) is 77.2 Å². The number of hydrogen-bond donors (Lipinski definition) is 0. The Morgan fingerprint density at radius 2 is 1.92 bits per heavy atom. The number of aryl methyl sites for hydroxylation is 1. The summed E-state index contributed by atoms with van der Waals surface area (Å²) in [4.78, 5) is 14.8. The van der Waals surface area contributed by atoms with Crippen molar-refractivity contribution >= 4 is 9.84 Å². The lowest BCUT2D eigenvalue weighted by Gasteiger charge is -2.32. The standard InChI is InChI=1S/C18H26N4O3S/c1-4-22-17(19-20(2)18(22)23)15-6-5-11-21(13-15)12-14-7-9-16(10-8-14)26(3,24)25/h7-10,15H,4-6,11-13H2,1-3H3. The van der Waals surface area contributed by atoms with Gasteiger partial charge in [0, 0.05) is 38.9 Å². The molecule has 0 saturated carbocycles. The maximum atomic E-state index is 12.1. The molecule has 1 fully saturated rings. The van der Waals surface area contributed by atoms with Gasteiger partial charge in [0.25, 0.3) is 0 Å². The quantitative estimate of drug-likeness (QED) is 0.786. The van der Waals surface area contributed by atoms with E-state index >= 15 is 0 Å². The second-order valence-electron chi connectivity index (χ2n) is 7.00. The lowest BCUT2D eigenvalue weighted by atomic mass is 9.96. The highest BCUT2D eigenvalue weighted by Gasteiger charge is 2.26. The first kappa shape index (κ1) is 18.8. The highest BCUT2D eigenvalue weighted by molar-refractivity contribution is 7.90. The third-order valence-corrected chi connectivity index (χ3v) is 6.11. The minimum atomic E-state index is -3.16. The molecule has 1 saturated heterocycles. The van der Waals surface area contributed by atoms with E-state index in [-0.39, 0.29) is 11.6 Å². The highest BCUT2D eigenvalue weighted by atomic mass is 32.2. The van der Waals surface area contributed by atoms with Gasteiger partial charge in [-0.15, -0.1) is 0 Å². The molecule has 2 heterocycles. The van der Waals surface area contributed by atoms with Gasteiger partial charge < -0.3 is 0 Å². The van der Waals surface area contributed by atoms with Crippen LogP contribution < -0.4 is 5.69 Å². The van der Waals surface area contributed by atoms with E-state index < -0.39 is 9.84 Å². The molecule has 3 rings (SSSR count). The minimum absolute atomic E-state index is 0.0593. The molecule has 1 unspecified atom stereocenters. The van der Waals surface area contributed by atoms with Crippen LogP contribution in [-0.2, 0) is 30.0 Å². The van der Waals surface area contributed by atoms with E-state index in [2.05, 4.69) is 10.00 Å². The van der Waals surface area contributed by atoms with Crippen LogP contribution in [0.2, 0.25) is 0 Å². The van der Waals surface area contributed by atoms with Crippen molar-refractivity contribution in [1.29, 1.82) is 0 Å². The normalized spacial score (nSPS) is 19.0. The molecule has 8 heteroatoms. The average molecular weight is 378 g/mol. The largest absolute Gasteiger partial charge is 0.345 e. The van der Waals surface area contributed by atoms with Crippen LogP contribution in [0.5, 0.6) is 0 Å². The molecular weight excluding hydrogens is 352 g/mol. The number of benzene rings is 1. The summed E-state index contributed by atoms with van der Waals surface area (Å²) in [6.45, 7) is 5.21. The third kappa shape index (κ3) is 3.91. The zero-order valence-electron chi connectivity index (χ0n) is 15.6. The Labute approximate surface area is 154 Å². The van der Waals surface area contributed by atoms with E-state index in [1.807, 2.05) is 19.1 Å². The van der Waals surface area contributed by atoms with Gasteiger partial charge in [-0.1, -0.05) is 12.1 Å². The van der Waals surface area contributed by atoms with Gasteiger partial charge in [0.2, 0.25) is 0 Å². The molecule has 0 spiro atoms. The molecule has 26 heavy (non-hydrogen) atoms. The Morgan fingerprint density at radius 3 is 2.54 bits per heavy atom. The minimum Gasteiger partial charge on any atom is -0.298 e. The van der Waals surface area contributed by atoms with E-state index in [1.165, 1.54) is 10.9 Å². The Morgan fingerprint density at radius 1 is 1.23 bits per heavy atom. The summed E-state index contributed by atoms with van der Waals surface area (Å²) >= 11 is 0. The molecule has 0 bridgehead atoms. The van der Waals surface area contributed by atoms with Crippen molar-refractivity contribution in [3.63, 3.8) is 0 Å². The Balaban J connectivity index is 1.73. The summed E-state index contributed by atoms with van der Waals surface area (Å²) in [5.41, 5.74) is 1.03. The van der Waals surface area contributed by atoms with Crippen molar-refractivity contribution in [2.24, 2.45) is 7.05 Å². The smallest absolute Gasteiger partial charge is 0.298 e. The summed E-state index contributed by atoms with van der Waals surface area (Å²) in [7, 11) is -1.47. The van der Waals surface area contributed by atoms with E-state index in [4.69, 9.17) is 0 Å². The number of aromatic nitrogens is 3. The maximum absolute atomic E-state index is 12.1. The summed E-state index contributed by atoms with van der Waals surface area (Å²) in [6.07, 6.45) is 3.30. The molecule has 2 aromatic rings. The molecule has 0 amide bonds. The lowest BCUT2D eigenvalue weighted by molar-refractivity contribution is 0.194. The monoisotopic (exact) mass is 378 g/mol. The van der Waals surface area contributed by atoms with Crippen LogP contribution in [0.15, 0.2) is 34.0 Å². The van der Waals surface area contributed by atoms with E-state index in [0.29, 0.717) is 11.4 Å². The second-order valence-corrected chi connectivity index (χ2v) is 9.01. The van der Waals surface area contributed by atoms with Crippen LogP contribution in [0.4, 0.5) is 0 Å². The van der Waals surface area contributed by atoms with Crippen LogP contribution >= 0.6 is 0 Å². The molecule has 0 N–H and O–H groups in total. The number of sulfone groups is 1. The van der Waals surface area contributed by atoms with Crippen molar-refractivity contribution in [3.05, 3.63) is 46.1 Å². The van der Waals surface area contributed by atoms with E-state index in [1.54, 1.807) is 23.7 Å². The van der Waals surface area contributed by atoms with Gasteiger partial charge in [0.1, 0.15) is 5.82 Å². The lowest BCUT2D eigenvalue weighted by Crippen LogP contribution is -2.35. The zero-order chi connectivity index (χ0) is 18.9. The van der Waals surface area contributed by atoms with Crippen LogP contribution in [0, 0.1) is 0 Å². The van der Waals surface area contributed by atoms with Gasteiger partial charge in [-0.3, -0.25) is 9.47 Å². The molecule has 7 nitrogen and oxygen atoms in total. The Bertz CT molecular complexity index is 928. The van der Waals surface area contributed by atoms with Gasteiger partial charge in [-0.2, -0.15) is 5.10 Å².